The first kappa shape index (κ1) is 22.1. The molecule has 4 rings (SSSR count). The van der Waals surface area contributed by atoms with Crippen LogP contribution in [0.5, 0.6) is 11.5 Å². The molecule has 0 bridgehead atoms. The van der Waals surface area contributed by atoms with Gasteiger partial charge in [0.2, 0.25) is 0 Å². The van der Waals surface area contributed by atoms with Crippen molar-refractivity contribution in [1.82, 2.24) is 15.3 Å². The van der Waals surface area contributed by atoms with Crippen LogP contribution in [0.1, 0.15) is 27.3 Å². The maximum Gasteiger partial charge on any atom is 0.269 e. The first-order chi connectivity index (χ1) is 16.1. The molecule has 0 atom stereocenters. The van der Waals surface area contributed by atoms with Gasteiger partial charge in [0.15, 0.2) is 5.69 Å². The SMILES string of the molecule is NCc1ncc(-c2cccc(CNCc3ccc(Oc4ccccc4)cc3)c2)nc1C(N)=O. The van der Waals surface area contributed by atoms with E-state index in [4.69, 9.17) is 16.2 Å². The number of hydrogen-bond acceptors (Lipinski definition) is 6. The van der Waals surface area contributed by atoms with Crippen LogP contribution in [0.4, 0.5) is 0 Å². The van der Waals surface area contributed by atoms with E-state index in [0.717, 1.165) is 28.2 Å². The number of primary amides is 1. The Morgan fingerprint density at radius 1 is 0.879 bits per heavy atom. The van der Waals surface area contributed by atoms with Crippen LogP contribution in [-0.2, 0) is 19.6 Å². The number of carbonyl (C=O) groups excluding carboxylic acids is 1. The number of nitrogens with two attached hydrogens (primary N) is 2. The minimum absolute atomic E-state index is 0.106. The average Bonchev–Trinajstić information content (AvgIpc) is 2.85. The van der Waals surface area contributed by atoms with Crippen LogP contribution in [0.15, 0.2) is 85.1 Å². The summed E-state index contributed by atoms with van der Waals surface area (Å²) in [6, 6.07) is 25.6. The molecular weight excluding hydrogens is 414 g/mol. The molecule has 7 heteroatoms. The number of para-hydroxylation sites is 1. The highest BCUT2D eigenvalue weighted by molar-refractivity contribution is 5.92. The first-order valence-corrected chi connectivity index (χ1v) is 10.6. The van der Waals surface area contributed by atoms with Gasteiger partial charge in [-0.15, -0.1) is 0 Å². The molecule has 0 saturated heterocycles. The Bertz CT molecular complexity index is 1230. The third-order valence-corrected chi connectivity index (χ3v) is 5.06. The Kier molecular flexibility index (Phi) is 7.04. The van der Waals surface area contributed by atoms with Gasteiger partial charge in [0, 0.05) is 25.2 Å². The number of ether oxygens (including phenoxy) is 1. The monoisotopic (exact) mass is 439 g/mol. The predicted molar refractivity (Wildman–Crippen MR) is 127 cm³/mol. The summed E-state index contributed by atoms with van der Waals surface area (Å²) >= 11 is 0. The molecule has 0 aliphatic heterocycles. The molecular formula is C26H25N5O2. The Balaban J connectivity index is 1.37. The van der Waals surface area contributed by atoms with Gasteiger partial charge in [0.25, 0.3) is 5.91 Å². The highest BCUT2D eigenvalue weighted by Crippen LogP contribution is 2.22. The highest BCUT2D eigenvalue weighted by Gasteiger charge is 2.13. The number of nitrogens with one attached hydrogen (secondary N) is 1. The topological polar surface area (TPSA) is 116 Å². The van der Waals surface area contributed by atoms with E-state index < -0.39 is 5.91 Å². The molecule has 7 nitrogen and oxygen atoms in total. The van der Waals surface area contributed by atoms with Gasteiger partial charge < -0.3 is 21.5 Å². The fourth-order valence-electron chi connectivity index (χ4n) is 3.39. The normalized spacial score (nSPS) is 10.7. The number of benzene rings is 3. The summed E-state index contributed by atoms with van der Waals surface area (Å²) in [5.41, 5.74) is 15.2. The number of amides is 1. The van der Waals surface area contributed by atoms with Crippen molar-refractivity contribution in [3.05, 3.63) is 108 Å². The third-order valence-electron chi connectivity index (χ3n) is 5.06. The van der Waals surface area contributed by atoms with Gasteiger partial charge in [0.05, 0.1) is 17.6 Å². The van der Waals surface area contributed by atoms with Crippen molar-refractivity contribution in [3.63, 3.8) is 0 Å². The van der Waals surface area contributed by atoms with Gasteiger partial charge in [-0.1, -0.05) is 48.5 Å². The zero-order valence-corrected chi connectivity index (χ0v) is 18.1. The molecule has 0 saturated carbocycles. The standard InChI is InChI=1S/C26H25N5O2/c27-14-23-25(26(28)32)31-24(17-30-23)20-6-4-5-19(13-20)16-29-15-18-9-11-22(12-10-18)33-21-7-2-1-3-8-21/h1-13,17,29H,14-16,27H2,(H2,28,32). The second-order valence-electron chi connectivity index (χ2n) is 7.48. The van der Waals surface area contributed by atoms with E-state index in [1.807, 2.05) is 78.9 Å². The van der Waals surface area contributed by atoms with Crippen LogP contribution in [0, 0.1) is 0 Å². The van der Waals surface area contributed by atoms with Gasteiger partial charge in [-0.3, -0.25) is 9.78 Å². The summed E-state index contributed by atoms with van der Waals surface area (Å²) in [7, 11) is 0. The average molecular weight is 440 g/mol. The van der Waals surface area contributed by atoms with Crippen molar-refractivity contribution < 1.29 is 9.53 Å². The zero-order chi connectivity index (χ0) is 23.0. The molecule has 33 heavy (non-hydrogen) atoms. The molecule has 0 spiro atoms. The van der Waals surface area contributed by atoms with E-state index in [-0.39, 0.29) is 12.2 Å². The van der Waals surface area contributed by atoms with Crippen LogP contribution < -0.4 is 21.5 Å². The molecule has 1 amide bonds. The molecule has 0 fully saturated rings. The number of nitrogens with zero attached hydrogens (tertiary/aromatic N) is 2. The summed E-state index contributed by atoms with van der Waals surface area (Å²) in [6.45, 7) is 1.49. The summed E-state index contributed by atoms with van der Waals surface area (Å²) in [6.07, 6.45) is 1.61. The van der Waals surface area contributed by atoms with Crippen LogP contribution in [-0.4, -0.2) is 15.9 Å². The lowest BCUT2D eigenvalue weighted by molar-refractivity contribution is 0.0994. The number of rotatable bonds is 9. The number of hydrogen-bond donors (Lipinski definition) is 3. The third kappa shape index (κ3) is 5.79. The quantitative estimate of drug-likeness (QED) is 0.365. The minimum atomic E-state index is -0.636. The smallest absolute Gasteiger partial charge is 0.269 e. The van der Waals surface area contributed by atoms with Gasteiger partial charge in [-0.05, 0) is 41.5 Å². The molecule has 3 aromatic carbocycles. The van der Waals surface area contributed by atoms with E-state index in [1.165, 1.54) is 0 Å². The van der Waals surface area contributed by atoms with E-state index in [9.17, 15) is 4.79 Å². The van der Waals surface area contributed by atoms with Crippen LogP contribution >= 0.6 is 0 Å². The van der Waals surface area contributed by atoms with Gasteiger partial charge >= 0.3 is 0 Å². The van der Waals surface area contributed by atoms with Crippen molar-refractivity contribution in [2.45, 2.75) is 19.6 Å². The summed E-state index contributed by atoms with van der Waals surface area (Å²) in [5, 5.41) is 3.45. The summed E-state index contributed by atoms with van der Waals surface area (Å²) in [5.74, 6) is 0.978. The Morgan fingerprint density at radius 3 is 2.33 bits per heavy atom. The molecule has 0 unspecified atom stereocenters. The Morgan fingerprint density at radius 2 is 1.61 bits per heavy atom. The van der Waals surface area contributed by atoms with Crippen molar-refractivity contribution in [3.8, 4) is 22.8 Å². The van der Waals surface area contributed by atoms with E-state index in [0.29, 0.717) is 24.5 Å². The van der Waals surface area contributed by atoms with Crippen molar-refractivity contribution in [2.75, 3.05) is 0 Å². The van der Waals surface area contributed by atoms with Crippen LogP contribution in [0.2, 0.25) is 0 Å². The van der Waals surface area contributed by atoms with Gasteiger partial charge in [0.1, 0.15) is 11.5 Å². The Hall–Kier alpha value is -4.07. The second-order valence-corrected chi connectivity index (χ2v) is 7.48. The van der Waals surface area contributed by atoms with Crippen molar-refractivity contribution in [2.24, 2.45) is 11.5 Å². The van der Waals surface area contributed by atoms with E-state index in [2.05, 4.69) is 15.3 Å². The van der Waals surface area contributed by atoms with Crippen molar-refractivity contribution in [1.29, 1.82) is 0 Å². The maximum absolute atomic E-state index is 11.7. The molecule has 0 aliphatic carbocycles. The molecule has 5 N–H and O–H groups in total. The molecule has 1 heterocycles. The van der Waals surface area contributed by atoms with Gasteiger partial charge in [-0.25, -0.2) is 4.98 Å². The number of carbonyl (C=O) groups is 1. The highest BCUT2D eigenvalue weighted by atomic mass is 16.5. The predicted octanol–water partition coefficient (Wildman–Crippen LogP) is 3.78. The lowest BCUT2D eigenvalue weighted by atomic mass is 10.1. The van der Waals surface area contributed by atoms with Crippen LogP contribution in [0.3, 0.4) is 0 Å². The fraction of sp³-hybridized carbons (Fsp3) is 0.115. The lowest BCUT2D eigenvalue weighted by Crippen LogP contribution is -2.19. The first-order valence-electron chi connectivity index (χ1n) is 10.6. The zero-order valence-electron chi connectivity index (χ0n) is 18.1. The van der Waals surface area contributed by atoms with Gasteiger partial charge in [-0.2, -0.15) is 0 Å². The molecule has 0 aliphatic rings. The van der Waals surface area contributed by atoms with Crippen molar-refractivity contribution >= 4 is 5.91 Å². The largest absolute Gasteiger partial charge is 0.457 e. The molecule has 1 aromatic heterocycles. The summed E-state index contributed by atoms with van der Waals surface area (Å²) in [4.78, 5) is 20.3. The second kappa shape index (κ2) is 10.5. The summed E-state index contributed by atoms with van der Waals surface area (Å²) < 4.78 is 5.83. The molecule has 166 valence electrons. The fourth-order valence-corrected chi connectivity index (χ4v) is 3.39. The molecule has 0 radical (unpaired) electrons. The molecule has 4 aromatic rings. The van der Waals surface area contributed by atoms with E-state index in [1.54, 1.807) is 6.20 Å². The lowest BCUT2D eigenvalue weighted by Gasteiger charge is -2.10. The maximum atomic E-state index is 11.7. The van der Waals surface area contributed by atoms with E-state index >= 15 is 0 Å². The Labute approximate surface area is 192 Å². The van der Waals surface area contributed by atoms with Crippen LogP contribution in [0.25, 0.3) is 11.3 Å². The number of aromatic nitrogens is 2. The minimum Gasteiger partial charge on any atom is -0.457 e.